The molecule has 0 N–H and O–H groups in total. The van der Waals surface area contributed by atoms with Crippen LogP contribution in [0.4, 0.5) is 0 Å². The van der Waals surface area contributed by atoms with Gasteiger partial charge in [0.1, 0.15) is 6.07 Å². The Morgan fingerprint density at radius 3 is 2.42 bits per heavy atom. The monoisotopic (exact) mass is 257 g/mol. The van der Waals surface area contributed by atoms with Crippen molar-refractivity contribution in [2.75, 3.05) is 0 Å². The van der Waals surface area contributed by atoms with E-state index in [0.29, 0.717) is 5.92 Å². The predicted molar refractivity (Wildman–Crippen MR) is 75.6 cm³/mol. The molecule has 0 bridgehead atoms. The van der Waals surface area contributed by atoms with E-state index in [1.807, 2.05) is 18.5 Å². The lowest BCUT2D eigenvalue weighted by molar-refractivity contribution is 0.302. The van der Waals surface area contributed by atoms with Gasteiger partial charge in [-0.3, -0.25) is 0 Å². The van der Waals surface area contributed by atoms with Gasteiger partial charge in [0.05, 0.1) is 0 Å². The van der Waals surface area contributed by atoms with Crippen LogP contribution >= 0.6 is 0 Å². The van der Waals surface area contributed by atoms with Crippen molar-refractivity contribution >= 4 is 0 Å². The van der Waals surface area contributed by atoms with Gasteiger partial charge in [0.25, 0.3) is 0 Å². The first kappa shape index (κ1) is 14.0. The molecule has 1 aromatic heterocycles. The van der Waals surface area contributed by atoms with Crippen LogP contribution in [0, 0.1) is 17.2 Å². The molecule has 1 heterocycles. The zero-order valence-corrected chi connectivity index (χ0v) is 11.8. The van der Waals surface area contributed by atoms with Gasteiger partial charge in [-0.15, -0.1) is 0 Å². The molecule has 1 saturated carbocycles. The van der Waals surface area contributed by atoms with Crippen LogP contribution in [0.25, 0.3) is 0 Å². The van der Waals surface area contributed by atoms with E-state index in [9.17, 15) is 0 Å². The summed E-state index contributed by atoms with van der Waals surface area (Å²) in [6.07, 6.45) is 14.4. The highest BCUT2D eigenvalue weighted by molar-refractivity contribution is 5.17. The second kappa shape index (κ2) is 7.23. The van der Waals surface area contributed by atoms with Crippen molar-refractivity contribution in [2.45, 2.75) is 64.2 Å². The lowest BCUT2D eigenvalue weighted by Gasteiger charge is -2.28. The highest BCUT2D eigenvalue weighted by Gasteiger charge is 2.22. The summed E-state index contributed by atoms with van der Waals surface area (Å²) in [7, 11) is 0. The van der Waals surface area contributed by atoms with Crippen LogP contribution in [-0.2, 0) is 0 Å². The second-order valence-electron chi connectivity index (χ2n) is 5.67. The third kappa shape index (κ3) is 4.02. The smallest absolute Gasteiger partial charge is 0.227 e. The first-order valence-corrected chi connectivity index (χ1v) is 7.55. The van der Waals surface area contributed by atoms with E-state index in [4.69, 9.17) is 5.26 Å². The van der Waals surface area contributed by atoms with Crippen LogP contribution in [0.1, 0.15) is 75.6 Å². The first-order valence-electron chi connectivity index (χ1n) is 7.55. The summed E-state index contributed by atoms with van der Waals surface area (Å²) in [6, 6.07) is 1.97. The van der Waals surface area contributed by atoms with Crippen LogP contribution in [0.5, 0.6) is 0 Å². The Hall–Kier alpha value is -1.43. The Bertz CT molecular complexity index is 411. The molecule has 0 amide bonds. The summed E-state index contributed by atoms with van der Waals surface area (Å²) >= 11 is 0. The predicted octanol–water partition coefficient (Wildman–Crippen LogP) is 4.20. The average molecular weight is 257 g/mol. The molecule has 3 heteroatoms. The van der Waals surface area contributed by atoms with Gasteiger partial charge >= 0.3 is 0 Å². The molecule has 1 aliphatic rings. The van der Waals surface area contributed by atoms with Gasteiger partial charge in [0.2, 0.25) is 5.82 Å². The minimum Gasteiger partial charge on any atom is -0.227 e. The van der Waals surface area contributed by atoms with Gasteiger partial charge in [-0.2, -0.15) is 5.26 Å². The van der Waals surface area contributed by atoms with E-state index in [-0.39, 0.29) is 5.82 Å². The normalized spacial score (nSPS) is 22.9. The number of hydrogen-bond donors (Lipinski definition) is 0. The second-order valence-corrected chi connectivity index (χ2v) is 5.67. The van der Waals surface area contributed by atoms with Crippen molar-refractivity contribution in [3.05, 3.63) is 23.8 Å². The molecule has 0 radical (unpaired) electrons. The van der Waals surface area contributed by atoms with E-state index in [1.165, 1.54) is 56.9 Å². The van der Waals surface area contributed by atoms with Crippen molar-refractivity contribution in [1.82, 2.24) is 9.97 Å². The Kier molecular flexibility index (Phi) is 5.32. The lowest BCUT2D eigenvalue weighted by atomic mass is 9.77. The number of aromatic nitrogens is 2. The zero-order valence-electron chi connectivity index (χ0n) is 11.8. The van der Waals surface area contributed by atoms with Crippen LogP contribution in [0.3, 0.4) is 0 Å². The van der Waals surface area contributed by atoms with Gasteiger partial charge in [0.15, 0.2) is 0 Å². The van der Waals surface area contributed by atoms with E-state index in [2.05, 4.69) is 16.9 Å². The average Bonchev–Trinajstić information content (AvgIpc) is 2.48. The molecule has 3 nitrogen and oxygen atoms in total. The van der Waals surface area contributed by atoms with Crippen molar-refractivity contribution < 1.29 is 0 Å². The molecule has 1 fully saturated rings. The molecule has 102 valence electrons. The van der Waals surface area contributed by atoms with E-state index in [0.717, 1.165) is 5.92 Å². The minimum atomic E-state index is 0.275. The number of unbranched alkanes of at least 4 members (excludes halogenated alkanes) is 2. The van der Waals surface area contributed by atoms with Gasteiger partial charge in [-0.25, -0.2) is 9.97 Å². The zero-order chi connectivity index (χ0) is 13.5. The molecule has 1 aliphatic carbocycles. The van der Waals surface area contributed by atoms with Gasteiger partial charge < -0.3 is 0 Å². The Morgan fingerprint density at radius 1 is 1.16 bits per heavy atom. The Morgan fingerprint density at radius 2 is 1.84 bits per heavy atom. The van der Waals surface area contributed by atoms with Crippen molar-refractivity contribution in [1.29, 1.82) is 5.26 Å². The van der Waals surface area contributed by atoms with Crippen molar-refractivity contribution in [2.24, 2.45) is 5.92 Å². The number of hydrogen-bond acceptors (Lipinski definition) is 3. The van der Waals surface area contributed by atoms with Crippen molar-refractivity contribution in [3.63, 3.8) is 0 Å². The maximum Gasteiger partial charge on any atom is 0.232 e. The fraction of sp³-hybridized carbons (Fsp3) is 0.688. The number of nitriles is 1. The Balaban J connectivity index is 1.80. The largest absolute Gasteiger partial charge is 0.232 e. The Labute approximate surface area is 116 Å². The molecule has 19 heavy (non-hydrogen) atoms. The maximum atomic E-state index is 8.70. The minimum absolute atomic E-state index is 0.275. The van der Waals surface area contributed by atoms with Gasteiger partial charge in [0, 0.05) is 12.4 Å². The first-order chi connectivity index (χ1) is 9.33. The molecule has 2 rings (SSSR count). The number of rotatable bonds is 5. The molecule has 0 atom stereocenters. The molecule has 1 aromatic rings. The third-order valence-electron chi connectivity index (χ3n) is 4.31. The third-order valence-corrected chi connectivity index (χ3v) is 4.31. The molecule has 0 unspecified atom stereocenters. The summed E-state index contributed by atoms with van der Waals surface area (Å²) < 4.78 is 0. The molecule has 0 saturated heterocycles. The summed E-state index contributed by atoms with van der Waals surface area (Å²) in [5, 5.41) is 8.70. The van der Waals surface area contributed by atoms with Gasteiger partial charge in [-0.1, -0.05) is 32.6 Å². The highest BCUT2D eigenvalue weighted by Crippen LogP contribution is 2.37. The fourth-order valence-corrected chi connectivity index (χ4v) is 3.07. The molecular weight excluding hydrogens is 234 g/mol. The van der Waals surface area contributed by atoms with Crippen LogP contribution in [0.2, 0.25) is 0 Å². The van der Waals surface area contributed by atoms with E-state index < -0.39 is 0 Å². The number of nitrogens with zero attached hydrogens (tertiary/aromatic N) is 3. The van der Waals surface area contributed by atoms with E-state index in [1.54, 1.807) is 0 Å². The van der Waals surface area contributed by atoms with Crippen molar-refractivity contribution in [3.8, 4) is 6.07 Å². The molecular formula is C16H23N3. The van der Waals surface area contributed by atoms with Crippen LogP contribution in [0.15, 0.2) is 12.4 Å². The molecule has 0 aromatic carbocycles. The summed E-state index contributed by atoms with van der Waals surface area (Å²) in [5.41, 5.74) is 1.21. The standard InChI is InChI=1S/C16H23N3/c1-2-3-4-5-13-6-8-14(9-7-13)15-11-18-16(10-17)19-12-15/h11-14H,2-9H2,1H3. The fourth-order valence-electron chi connectivity index (χ4n) is 3.07. The van der Waals surface area contributed by atoms with E-state index >= 15 is 0 Å². The molecule has 0 spiro atoms. The topological polar surface area (TPSA) is 49.6 Å². The molecule has 0 aliphatic heterocycles. The maximum absolute atomic E-state index is 8.70. The van der Waals surface area contributed by atoms with Crippen LogP contribution in [-0.4, -0.2) is 9.97 Å². The summed E-state index contributed by atoms with van der Waals surface area (Å²) in [6.45, 7) is 2.27. The van der Waals surface area contributed by atoms with Gasteiger partial charge in [-0.05, 0) is 43.1 Å². The summed E-state index contributed by atoms with van der Waals surface area (Å²) in [4.78, 5) is 8.16. The SMILES string of the molecule is CCCCCC1CCC(c2cnc(C#N)nc2)CC1. The highest BCUT2D eigenvalue weighted by atomic mass is 14.9. The summed E-state index contributed by atoms with van der Waals surface area (Å²) in [5.74, 6) is 1.81. The van der Waals surface area contributed by atoms with Crippen LogP contribution < -0.4 is 0 Å². The quantitative estimate of drug-likeness (QED) is 0.743. The lowest BCUT2D eigenvalue weighted by Crippen LogP contribution is -2.14.